The van der Waals surface area contributed by atoms with Crippen molar-refractivity contribution in [1.82, 2.24) is 15.6 Å². The zero-order chi connectivity index (χ0) is 20.1. The van der Waals surface area contributed by atoms with E-state index >= 15 is 0 Å². The molecule has 8 heteroatoms. The van der Waals surface area contributed by atoms with E-state index in [1.807, 2.05) is 34.6 Å². The molecule has 26 heavy (non-hydrogen) atoms. The Morgan fingerprint density at radius 1 is 1.23 bits per heavy atom. The molecule has 2 amide bonds. The number of hydrogen-bond donors (Lipinski definition) is 3. The highest BCUT2D eigenvalue weighted by molar-refractivity contribution is 5.94. The summed E-state index contributed by atoms with van der Waals surface area (Å²) < 4.78 is 5.60. The Balaban J connectivity index is 2.97. The van der Waals surface area contributed by atoms with Crippen molar-refractivity contribution in [3.8, 4) is 0 Å². The Hall–Kier alpha value is -2.38. The van der Waals surface area contributed by atoms with Gasteiger partial charge in [0.25, 0.3) is 5.91 Å². The molecule has 0 aliphatic heterocycles. The molecule has 0 fully saturated rings. The second-order valence-electron chi connectivity index (χ2n) is 8.02. The first-order valence-electron chi connectivity index (χ1n) is 8.65. The first kappa shape index (κ1) is 21.7. The van der Waals surface area contributed by atoms with E-state index in [1.165, 1.54) is 0 Å². The van der Waals surface area contributed by atoms with Gasteiger partial charge in [0, 0.05) is 6.42 Å². The fourth-order valence-corrected chi connectivity index (χ4v) is 2.44. The molecular formula is C18H29N3O5. The summed E-state index contributed by atoms with van der Waals surface area (Å²) in [5.41, 5.74) is -0.124. The van der Waals surface area contributed by atoms with Gasteiger partial charge >= 0.3 is 5.97 Å². The molecule has 3 N–H and O–H groups in total. The number of aryl methyl sites for hydroxylation is 1. The van der Waals surface area contributed by atoms with Crippen molar-refractivity contribution in [1.29, 1.82) is 0 Å². The number of hydrogen-bond acceptors (Lipinski definition) is 5. The quantitative estimate of drug-likeness (QED) is 0.649. The molecule has 0 aliphatic carbocycles. The number of carbonyl (C=O) groups excluding carboxylic acids is 2. The van der Waals surface area contributed by atoms with E-state index in [0.717, 1.165) is 0 Å². The van der Waals surface area contributed by atoms with Gasteiger partial charge in [-0.15, -0.1) is 0 Å². The van der Waals surface area contributed by atoms with Crippen molar-refractivity contribution in [2.45, 2.75) is 60.4 Å². The number of aliphatic carboxylic acids is 1. The van der Waals surface area contributed by atoms with Gasteiger partial charge in [0.15, 0.2) is 5.69 Å². The van der Waals surface area contributed by atoms with Crippen LogP contribution in [0.1, 0.15) is 75.6 Å². The molecule has 1 heterocycles. The van der Waals surface area contributed by atoms with E-state index in [9.17, 15) is 14.4 Å². The molecule has 0 saturated carbocycles. The zero-order valence-electron chi connectivity index (χ0n) is 16.3. The summed E-state index contributed by atoms with van der Waals surface area (Å²) in [6, 6.07) is -0.454. The normalized spacial score (nSPS) is 12.7. The van der Waals surface area contributed by atoms with Gasteiger partial charge in [-0.25, -0.2) is 4.98 Å². The van der Waals surface area contributed by atoms with E-state index in [1.54, 1.807) is 6.92 Å². The van der Waals surface area contributed by atoms with Crippen LogP contribution in [-0.2, 0) is 9.59 Å². The van der Waals surface area contributed by atoms with Gasteiger partial charge in [-0.1, -0.05) is 34.6 Å². The Labute approximate surface area is 153 Å². The van der Waals surface area contributed by atoms with Gasteiger partial charge in [-0.05, 0) is 24.7 Å². The summed E-state index contributed by atoms with van der Waals surface area (Å²) >= 11 is 0. The Bertz CT molecular complexity index is 658. The van der Waals surface area contributed by atoms with Crippen molar-refractivity contribution in [2.24, 2.45) is 11.3 Å². The summed E-state index contributed by atoms with van der Waals surface area (Å²) in [7, 11) is 0. The predicted molar refractivity (Wildman–Crippen MR) is 95.6 cm³/mol. The lowest BCUT2D eigenvalue weighted by Crippen LogP contribution is -2.32. The minimum atomic E-state index is -1.15. The van der Waals surface area contributed by atoms with Crippen LogP contribution in [0.2, 0.25) is 0 Å². The van der Waals surface area contributed by atoms with Crippen LogP contribution in [0.15, 0.2) is 4.42 Å². The van der Waals surface area contributed by atoms with Crippen LogP contribution in [0.25, 0.3) is 0 Å². The van der Waals surface area contributed by atoms with Gasteiger partial charge in [-0.3, -0.25) is 14.4 Å². The second-order valence-corrected chi connectivity index (χ2v) is 8.02. The molecule has 0 bridgehead atoms. The summed E-state index contributed by atoms with van der Waals surface area (Å²) in [6.45, 7) is 11.0. The first-order valence-corrected chi connectivity index (χ1v) is 8.65. The van der Waals surface area contributed by atoms with Crippen molar-refractivity contribution in [3.63, 3.8) is 0 Å². The fourth-order valence-electron chi connectivity index (χ4n) is 2.44. The maximum absolute atomic E-state index is 12.3. The number of carbonyl (C=O) groups is 3. The molecule has 0 radical (unpaired) electrons. The average Bonchev–Trinajstić information content (AvgIpc) is 2.83. The molecule has 1 rings (SSSR count). The summed E-state index contributed by atoms with van der Waals surface area (Å²) in [5, 5.41) is 13.8. The van der Waals surface area contributed by atoms with E-state index in [-0.39, 0.29) is 34.6 Å². The van der Waals surface area contributed by atoms with Crippen LogP contribution < -0.4 is 10.6 Å². The number of aromatic nitrogens is 1. The van der Waals surface area contributed by atoms with Crippen LogP contribution in [0.5, 0.6) is 0 Å². The Morgan fingerprint density at radius 2 is 1.85 bits per heavy atom. The maximum atomic E-state index is 12.3. The number of nitrogens with zero attached hydrogens (tertiary/aromatic N) is 1. The van der Waals surface area contributed by atoms with Crippen molar-refractivity contribution in [2.75, 3.05) is 6.54 Å². The standard InChI is InChI=1S/C18H29N3O5/c1-10(2)7-12(20-13(22)8-18(4,5)6)17-21-15(11(3)26-17)16(25)19-9-14(23)24/h10,12H,7-9H2,1-6H3,(H,19,25)(H,20,22)(H,23,24)/t12-/m0/s1. The van der Waals surface area contributed by atoms with Crippen LogP contribution in [0.3, 0.4) is 0 Å². The van der Waals surface area contributed by atoms with E-state index in [4.69, 9.17) is 9.52 Å². The number of amides is 2. The molecule has 0 aromatic carbocycles. The molecule has 146 valence electrons. The lowest BCUT2D eigenvalue weighted by molar-refractivity contribution is -0.135. The Kier molecular flexibility index (Phi) is 7.35. The fraction of sp³-hybridized carbons (Fsp3) is 0.667. The number of carboxylic acids is 1. The number of carboxylic acid groups (broad SMARTS) is 1. The molecular weight excluding hydrogens is 338 g/mol. The predicted octanol–water partition coefficient (Wildman–Crippen LogP) is 2.44. The van der Waals surface area contributed by atoms with Gasteiger partial charge in [0.05, 0.1) is 0 Å². The minimum Gasteiger partial charge on any atom is -0.480 e. The summed E-state index contributed by atoms with van der Waals surface area (Å²) in [5.74, 6) is -1.08. The van der Waals surface area contributed by atoms with Gasteiger partial charge in [-0.2, -0.15) is 0 Å². The van der Waals surface area contributed by atoms with E-state index < -0.39 is 24.5 Å². The van der Waals surface area contributed by atoms with Crippen LogP contribution in [0.4, 0.5) is 0 Å². The van der Waals surface area contributed by atoms with Gasteiger partial charge in [0.1, 0.15) is 18.3 Å². The van der Waals surface area contributed by atoms with Gasteiger partial charge in [0.2, 0.25) is 11.8 Å². The van der Waals surface area contributed by atoms with E-state index in [2.05, 4.69) is 15.6 Å². The summed E-state index contributed by atoms with van der Waals surface area (Å²) in [6.07, 6.45) is 0.958. The largest absolute Gasteiger partial charge is 0.480 e. The third kappa shape index (κ3) is 7.25. The molecule has 0 aliphatic rings. The molecule has 1 atom stereocenters. The number of nitrogens with one attached hydrogen (secondary N) is 2. The third-order valence-electron chi connectivity index (χ3n) is 3.46. The van der Waals surface area contributed by atoms with Gasteiger partial charge < -0.3 is 20.2 Å². The number of oxazole rings is 1. The topological polar surface area (TPSA) is 122 Å². The van der Waals surface area contributed by atoms with Crippen molar-refractivity contribution < 1.29 is 23.9 Å². The lowest BCUT2D eigenvalue weighted by atomic mass is 9.91. The lowest BCUT2D eigenvalue weighted by Gasteiger charge is -2.21. The minimum absolute atomic E-state index is 0.0278. The second kappa shape index (κ2) is 8.82. The third-order valence-corrected chi connectivity index (χ3v) is 3.46. The molecule has 1 aromatic rings. The maximum Gasteiger partial charge on any atom is 0.322 e. The summed E-state index contributed by atoms with van der Waals surface area (Å²) in [4.78, 5) is 39.1. The number of rotatable bonds is 8. The van der Waals surface area contributed by atoms with Crippen LogP contribution >= 0.6 is 0 Å². The first-order chi connectivity index (χ1) is 11.9. The van der Waals surface area contributed by atoms with Crippen LogP contribution in [0, 0.1) is 18.3 Å². The highest BCUT2D eigenvalue weighted by Crippen LogP contribution is 2.25. The van der Waals surface area contributed by atoms with E-state index in [0.29, 0.717) is 12.8 Å². The average molecular weight is 367 g/mol. The monoisotopic (exact) mass is 367 g/mol. The molecule has 0 saturated heterocycles. The Morgan fingerprint density at radius 3 is 2.35 bits per heavy atom. The highest BCUT2D eigenvalue weighted by atomic mass is 16.4. The zero-order valence-corrected chi connectivity index (χ0v) is 16.3. The molecule has 0 spiro atoms. The molecule has 8 nitrogen and oxygen atoms in total. The smallest absolute Gasteiger partial charge is 0.322 e. The van der Waals surface area contributed by atoms with Crippen molar-refractivity contribution >= 4 is 17.8 Å². The van der Waals surface area contributed by atoms with Crippen LogP contribution in [-0.4, -0.2) is 34.4 Å². The highest BCUT2D eigenvalue weighted by Gasteiger charge is 2.26. The SMILES string of the molecule is Cc1oc([C@H](CC(C)C)NC(=O)CC(C)(C)C)nc1C(=O)NCC(=O)O. The molecule has 1 aromatic heterocycles. The molecule has 0 unspecified atom stereocenters. The van der Waals surface area contributed by atoms with Crippen molar-refractivity contribution in [3.05, 3.63) is 17.3 Å².